The van der Waals surface area contributed by atoms with Crippen LogP contribution < -0.4 is 19.5 Å². The molecule has 1 fully saturated rings. The van der Waals surface area contributed by atoms with Crippen LogP contribution in [0.2, 0.25) is 0 Å². The topological polar surface area (TPSA) is 132 Å². The van der Waals surface area contributed by atoms with Gasteiger partial charge in [0.2, 0.25) is 11.8 Å². The van der Waals surface area contributed by atoms with Crippen LogP contribution >= 0.6 is 8.53 Å². The minimum absolute atomic E-state index is 0.0505. The Labute approximate surface area is 384 Å². The zero-order valence-corrected chi connectivity index (χ0v) is 40.1. The Hall–Kier alpha value is -4.68. The molecular weight excluding hydrogens is 828 g/mol. The van der Waals surface area contributed by atoms with Crippen molar-refractivity contribution in [1.82, 2.24) is 14.9 Å². The van der Waals surface area contributed by atoms with Gasteiger partial charge in [0.15, 0.2) is 0 Å². The molecule has 1 heterocycles. The molecule has 0 aliphatic carbocycles. The van der Waals surface area contributed by atoms with E-state index in [9.17, 15) is 14.9 Å². The molecule has 1 aliphatic heterocycles. The minimum atomic E-state index is -1.53. The van der Waals surface area contributed by atoms with Crippen LogP contribution in [0.5, 0.6) is 17.2 Å². The second-order valence-electron chi connectivity index (χ2n) is 16.9. The predicted octanol–water partition coefficient (Wildman–Crippen LogP) is 9.79. The minimum Gasteiger partial charge on any atom is -0.497 e. The number of hydrogen-bond acceptors (Lipinski definition) is 10. The van der Waals surface area contributed by atoms with Gasteiger partial charge in [0.05, 0.1) is 53.6 Å². The highest BCUT2D eigenvalue weighted by Crippen LogP contribution is 2.50. The fraction of sp³-hybridized carbons (Fsp3) is 0.549. The quantitative estimate of drug-likeness (QED) is 0.0325. The number of piperidine rings is 1. The smallest absolute Gasteiger partial charge is 0.259 e. The molecule has 1 saturated heterocycles. The SMILES string of the molecule is C#CCCCCC(=O)NCCCCCC(=O)N1CCC(COP(OCCC#N)N(C(C)C)C(C)C)(COC(c2ccc(OC)cc2)(c2ccc(OC)cc2)c2ccc(OC)cc2)CC1. The Morgan fingerprint density at radius 3 is 1.73 bits per heavy atom. The van der Waals surface area contributed by atoms with E-state index in [1.165, 1.54) is 0 Å². The Morgan fingerprint density at radius 1 is 0.750 bits per heavy atom. The molecule has 1 unspecified atom stereocenters. The normalized spacial score (nSPS) is 14.2. The fourth-order valence-electron chi connectivity index (χ4n) is 8.12. The second-order valence-corrected chi connectivity index (χ2v) is 18.4. The molecule has 3 aromatic rings. The molecule has 1 atom stereocenters. The maximum Gasteiger partial charge on any atom is 0.259 e. The summed E-state index contributed by atoms with van der Waals surface area (Å²) in [6.07, 6.45) is 12.6. The van der Waals surface area contributed by atoms with Gasteiger partial charge in [-0.2, -0.15) is 5.26 Å². The van der Waals surface area contributed by atoms with Gasteiger partial charge in [0.25, 0.3) is 8.53 Å². The molecule has 12 nitrogen and oxygen atoms in total. The van der Waals surface area contributed by atoms with Crippen molar-refractivity contribution >= 4 is 20.3 Å². The van der Waals surface area contributed by atoms with Crippen molar-refractivity contribution in [1.29, 1.82) is 5.26 Å². The van der Waals surface area contributed by atoms with Crippen LogP contribution in [-0.2, 0) is 29.0 Å². The number of terminal acetylenes is 1. The van der Waals surface area contributed by atoms with E-state index in [1.54, 1.807) is 21.3 Å². The molecule has 2 amide bonds. The summed E-state index contributed by atoms with van der Waals surface area (Å²) in [6, 6.07) is 26.4. The van der Waals surface area contributed by atoms with Crippen LogP contribution in [0.3, 0.4) is 0 Å². The van der Waals surface area contributed by atoms with E-state index >= 15 is 0 Å². The molecule has 0 saturated carbocycles. The van der Waals surface area contributed by atoms with Crippen molar-refractivity contribution < 1.29 is 37.6 Å². The van der Waals surface area contributed by atoms with Crippen LogP contribution in [0, 0.1) is 29.1 Å². The molecular formula is C51H71N4O8P. The number of benzene rings is 3. The lowest BCUT2D eigenvalue weighted by molar-refractivity contribution is -0.136. The van der Waals surface area contributed by atoms with Crippen LogP contribution in [0.4, 0.5) is 0 Å². The average Bonchev–Trinajstić information content (AvgIpc) is 3.31. The van der Waals surface area contributed by atoms with Gasteiger partial charge in [-0.25, -0.2) is 4.67 Å². The van der Waals surface area contributed by atoms with Gasteiger partial charge >= 0.3 is 0 Å². The molecule has 64 heavy (non-hydrogen) atoms. The summed E-state index contributed by atoms with van der Waals surface area (Å²) in [4.78, 5) is 27.8. The number of nitrogens with zero attached hydrogens (tertiary/aromatic N) is 3. The summed E-state index contributed by atoms with van der Waals surface area (Å²) < 4.78 is 39.9. The first-order valence-corrected chi connectivity index (χ1v) is 23.9. The third-order valence-corrected chi connectivity index (χ3v) is 13.8. The highest BCUT2D eigenvalue weighted by molar-refractivity contribution is 7.44. The molecule has 0 radical (unpaired) electrons. The van der Waals surface area contributed by atoms with Gasteiger partial charge in [-0.1, -0.05) is 42.8 Å². The average molecular weight is 899 g/mol. The molecule has 1 aliphatic rings. The number of unbranched alkanes of at least 4 members (excludes halogenated alkanes) is 4. The van der Waals surface area contributed by atoms with Gasteiger partial charge in [0, 0.05) is 56.4 Å². The van der Waals surface area contributed by atoms with Gasteiger partial charge in [0.1, 0.15) is 22.8 Å². The maximum atomic E-state index is 13.7. The molecule has 13 heteroatoms. The Kier molecular flexibility index (Phi) is 21.9. The van der Waals surface area contributed by atoms with Crippen molar-refractivity contribution in [2.75, 3.05) is 60.8 Å². The lowest BCUT2D eigenvalue weighted by Gasteiger charge is -2.46. The summed E-state index contributed by atoms with van der Waals surface area (Å²) >= 11 is 0. The zero-order valence-electron chi connectivity index (χ0n) is 39.2. The highest BCUT2D eigenvalue weighted by atomic mass is 31.2. The van der Waals surface area contributed by atoms with Crippen molar-refractivity contribution in [3.63, 3.8) is 0 Å². The van der Waals surface area contributed by atoms with E-state index in [0.29, 0.717) is 65.0 Å². The Bertz CT molecular complexity index is 1800. The van der Waals surface area contributed by atoms with Crippen LogP contribution in [0.25, 0.3) is 0 Å². The first kappa shape index (κ1) is 51.9. The van der Waals surface area contributed by atoms with Crippen molar-refractivity contribution in [2.24, 2.45) is 5.41 Å². The maximum absolute atomic E-state index is 13.7. The summed E-state index contributed by atoms with van der Waals surface area (Å²) in [5.41, 5.74) is 1.09. The van der Waals surface area contributed by atoms with Crippen LogP contribution in [0.1, 0.15) is 115 Å². The van der Waals surface area contributed by atoms with Gasteiger partial charge in [-0.05, 0) is 119 Å². The number of nitriles is 1. The zero-order chi connectivity index (χ0) is 46.4. The molecule has 348 valence electrons. The van der Waals surface area contributed by atoms with E-state index in [2.05, 4.69) is 49.7 Å². The largest absolute Gasteiger partial charge is 0.497 e. The molecule has 1 N–H and O–H groups in total. The number of likely N-dealkylation sites (tertiary alicyclic amines) is 1. The number of rotatable bonds is 28. The second kappa shape index (κ2) is 27.0. The lowest BCUT2D eigenvalue weighted by Crippen LogP contribution is -2.48. The van der Waals surface area contributed by atoms with Crippen LogP contribution in [0.15, 0.2) is 72.8 Å². The molecule has 0 aromatic heterocycles. The number of nitrogens with one attached hydrogen (secondary N) is 1. The standard InChI is InChI=1S/C51H71N4O8P/c1-9-10-11-13-17-48(56)53-34-15-12-14-18-49(57)54-35-31-50(32-36-54,39-63-64(62-37-16-33-52)55(40(2)3)41(4)5)38-61-51(42-19-25-45(58-6)26-20-42,43-21-27-46(59-7)28-22-43)44-23-29-47(60-8)30-24-44/h1,19-30,40-41H,10-18,31-32,34-39H2,2-8H3,(H,53,56). The molecule has 4 rings (SSSR count). The number of carbonyl (C=O) groups excluding carboxylic acids is 2. The molecule has 0 bridgehead atoms. The Balaban J connectivity index is 1.63. The van der Waals surface area contributed by atoms with Crippen molar-refractivity contribution in [3.05, 3.63) is 89.5 Å². The van der Waals surface area contributed by atoms with Crippen molar-refractivity contribution in [3.8, 4) is 35.7 Å². The van der Waals surface area contributed by atoms with Gasteiger partial charge < -0.3 is 38.2 Å². The summed E-state index contributed by atoms with van der Waals surface area (Å²) in [5.74, 6) is 4.97. The summed E-state index contributed by atoms with van der Waals surface area (Å²) in [7, 11) is 3.42. The fourth-order valence-corrected chi connectivity index (χ4v) is 9.85. The number of methoxy groups -OCH3 is 3. The summed E-state index contributed by atoms with van der Waals surface area (Å²) in [6.45, 7) is 11.1. The first-order valence-electron chi connectivity index (χ1n) is 22.7. The number of amides is 2. The highest BCUT2D eigenvalue weighted by Gasteiger charge is 2.44. The van der Waals surface area contributed by atoms with Crippen LogP contribution in [-0.4, -0.2) is 94.3 Å². The predicted molar refractivity (Wildman–Crippen MR) is 253 cm³/mol. The summed E-state index contributed by atoms with van der Waals surface area (Å²) in [5, 5.41) is 12.4. The van der Waals surface area contributed by atoms with E-state index in [4.69, 9.17) is 34.4 Å². The third kappa shape index (κ3) is 14.9. The van der Waals surface area contributed by atoms with E-state index in [1.807, 2.05) is 77.7 Å². The van der Waals surface area contributed by atoms with Gasteiger partial charge in [-0.3, -0.25) is 9.59 Å². The Morgan fingerprint density at radius 2 is 1.27 bits per heavy atom. The number of carbonyl (C=O) groups is 2. The first-order chi connectivity index (χ1) is 30.9. The van der Waals surface area contributed by atoms with E-state index < -0.39 is 19.5 Å². The number of ether oxygens (including phenoxy) is 4. The number of hydrogen-bond donors (Lipinski definition) is 1. The van der Waals surface area contributed by atoms with Crippen molar-refractivity contribution in [2.45, 2.75) is 116 Å². The molecule has 3 aromatic carbocycles. The van der Waals surface area contributed by atoms with Gasteiger partial charge in [-0.15, -0.1) is 12.3 Å². The third-order valence-electron chi connectivity index (χ3n) is 11.8. The van der Waals surface area contributed by atoms with E-state index in [-0.39, 0.29) is 36.9 Å². The lowest BCUT2D eigenvalue weighted by atomic mass is 9.77. The molecule has 0 spiro atoms. The monoisotopic (exact) mass is 899 g/mol. The van der Waals surface area contributed by atoms with E-state index in [0.717, 1.165) is 66.0 Å².